The average Bonchev–Trinajstić information content (AvgIpc) is 2.90. The van der Waals surface area contributed by atoms with Gasteiger partial charge in [0.05, 0.1) is 32.4 Å². The van der Waals surface area contributed by atoms with Crippen molar-refractivity contribution in [1.82, 2.24) is 0 Å². The molecule has 0 saturated heterocycles. The molecule has 0 heterocycles. The maximum Gasteiger partial charge on any atom is 0.296 e. The molecule has 2 aromatic rings. The van der Waals surface area contributed by atoms with Crippen LogP contribution in [0.4, 0.5) is 5.69 Å². The Hall–Kier alpha value is -3.78. The van der Waals surface area contributed by atoms with Crippen molar-refractivity contribution in [3.8, 4) is 0 Å². The molecule has 0 unspecified atom stereocenters. The highest BCUT2D eigenvalue weighted by Gasteiger charge is 2.21. The van der Waals surface area contributed by atoms with Crippen LogP contribution >= 0.6 is 0 Å². The van der Waals surface area contributed by atoms with Crippen LogP contribution in [-0.2, 0) is 20.2 Å². The van der Waals surface area contributed by atoms with Gasteiger partial charge in [-0.2, -0.15) is 21.9 Å². The number of nitrogens with one attached hydrogen (secondary N) is 1. The van der Waals surface area contributed by atoms with Crippen LogP contribution in [0.3, 0.4) is 0 Å². The van der Waals surface area contributed by atoms with Crippen LogP contribution in [0.25, 0.3) is 10.8 Å². The summed E-state index contributed by atoms with van der Waals surface area (Å²) in [5, 5.41) is 3.38. The summed E-state index contributed by atoms with van der Waals surface area (Å²) < 4.78 is 67.0. The largest absolute Gasteiger partial charge is 0.296 e. The van der Waals surface area contributed by atoms with E-state index in [1.807, 2.05) is 0 Å². The summed E-state index contributed by atoms with van der Waals surface area (Å²) in [5.74, 6) is 0. The second-order valence-electron chi connectivity index (χ2n) is 9.32. The highest BCUT2D eigenvalue weighted by Crippen LogP contribution is 2.20. The first-order chi connectivity index (χ1) is 18.4. The number of hydrogen-bond acceptors (Lipinski definition) is 9. The smallest absolute Gasteiger partial charge is 0.288 e. The molecule has 0 aromatic heterocycles. The molecule has 1 saturated carbocycles. The van der Waals surface area contributed by atoms with E-state index in [-0.39, 0.29) is 43.2 Å². The second-order valence-corrected chi connectivity index (χ2v) is 12.1. The predicted octanol–water partition coefficient (Wildman–Crippen LogP) is 1.82. The van der Waals surface area contributed by atoms with Crippen molar-refractivity contribution in [3.63, 3.8) is 0 Å². The predicted molar refractivity (Wildman–Crippen MR) is 142 cm³/mol. The number of hydrogen-bond donors (Lipinski definition) is 3. The van der Waals surface area contributed by atoms with Gasteiger partial charge in [-0.25, -0.2) is 0 Å². The SMILES string of the molecule is O=c1c2c(=NC3CCCCC3)cc(S(=O)(=O)O)/c(=N\Nc3ccc(S(=O)(=O)O)cc3)c=2c(=O)c2ccccc12. The lowest BCUT2D eigenvalue weighted by Gasteiger charge is -2.17. The Morgan fingerprint density at radius 3 is 1.92 bits per heavy atom. The Morgan fingerprint density at radius 2 is 1.36 bits per heavy atom. The molecule has 39 heavy (non-hydrogen) atoms. The third-order valence-corrected chi connectivity index (χ3v) is 8.47. The maximum absolute atomic E-state index is 13.7. The standard InChI is InChI=1S/C26H23N3O8S2/c30-25-18-8-4-5-9-19(18)26(31)23-22(25)20(27-15-6-2-1-3-7-15)14-21(39(35,36)37)24(23)29-28-16-10-12-17(13-11-16)38(32,33)34/h4-5,8-15,28H,1-3,6-7H2,(H,32,33,34)(H,35,36,37)/b27-20?,29-24+. The molecule has 0 radical (unpaired) electrons. The molecule has 3 aliphatic carbocycles. The van der Waals surface area contributed by atoms with E-state index in [1.165, 1.54) is 24.3 Å². The molecule has 0 aliphatic heterocycles. The molecule has 3 N–H and O–H groups in total. The minimum atomic E-state index is -4.95. The molecule has 0 bridgehead atoms. The lowest BCUT2D eigenvalue weighted by molar-refractivity contribution is 0.437. The van der Waals surface area contributed by atoms with E-state index in [1.54, 1.807) is 12.1 Å². The Bertz CT molecular complexity index is 2110. The number of fused-ring (bicyclic) bond motifs is 1. The molecule has 3 aliphatic rings. The lowest BCUT2D eigenvalue weighted by Crippen LogP contribution is -2.34. The molecule has 11 nitrogen and oxygen atoms in total. The van der Waals surface area contributed by atoms with E-state index in [0.29, 0.717) is 0 Å². The van der Waals surface area contributed by atoms with Gasteiger partial charge in [0.15, 0.2) is 10.9 Å². The highest BCUT2D eigenvalue weighted by atomic mass is 32.2. The third-order valence-electron chi connectivity index (χ3n) is 6.74. The molecule has 2 aromatic carbocycles. The molecular formula is C26H23N3O8S2. The van der Waals surface area contributed by atoms with Crippen molar-refractivity contribution < 1.29 is 25.9 Å². The van der Waals surface area contributed by atoms with E-state index in [9.17, 15) is 35.5 Å². The summed E-state index contributed by atoms with van der Waals surface area (Å²) in [6.07, 6.45) is 4.36. The fraction of sp³-hybridized carbons (Fsp3) is 0.231. The topological polar surface area (TPSA) is 180 Å². The van der Waals surface area contributed by atoms with Gasteiger partial charge < -0.3 is 0 Å². The van der Waals surface area contributed by atoms with E-state index >= 15 is 0 Å². The highest BCUT2D eigenvalue weighted by molar-refractivity contribution is 7.86. The number of benzene rings is 2. The molecule has 202 valence electrons. The monoisotopic (exact) mass is 569 g/mol. The van der Waals surface area contributed by atoms with Crippen molar-refractivity contribution >= 4 is 36.7 Å². The van der Waals surface area contributed by atoms with Crippen molar-refractivity contribution in [2.24, 2.45) is 10.1 Å². The molecular weight excluding hydrogens is 546 g/mol. The summed E-state index contributed by atoms with van der Waals surface area (Å²) in [5.41, 5.74) is 1.53. The zero-order valence-corrected chi connectivity index (χ0v) is 22.0. The summed E-state index contributed by atoms with van der Waals surface area (Å²) >= 11 is 0. The number of rotatable bonds is 5. The first-order valence-electron chi connectivity index (χ1n) is 12.1. The van der Waals surface area contributed by atoms with Crippen LogP contribution in [0.2, 0.25) is 0 Å². The zero-order valence-electron chi connectivity index (χ0n) is 20.4. The number of nitrogens with zero attached hydrogens (tertiary/aromatic N) is 2. The second kappa shape index (κ2) is 10.1. The van der Waals surface area contributed by atoms with Gasteiger partial charge in [-0.15, -0.1) is 0 Å². The van der Waals surface area contributed by atoms with Gasteiger partial charge in [0, 0.05) is 10.8 Å². The molecule has 0 atom stereocenters. The van der Waals surface area contributed by atoms with E-state index in [0.717, 1.165) is 50.3 Å². The summed E-state index contributed by atoms with van der Waals surface area (Å²) in [4.78, 5) is 31.0. The van der Waals surface area contributed by atoms with Crippen molar-refractivity contribution in [2.45, 2.75) is 47.9 Å². The Kier molecular flexibility index (Phi) is 6.93. The van der Waals surface area contributed by atoms with Gasteiger partial charge in [0.25, 0.3) is 20.2 Å². The maximum atomic E-state index is 13.7. The van der Waals surface area contributed by atoms with Gasteiger partial charge in [-0.1, -0.05) is 43.5 Å². The van der Waals surface area contributed by atoms with Crippen LogP contribution in [0.15, 0.2) is 84.1 Å². The van der Waals surface area contributed by atoms with Crippen molar-refractivity contribution in [1.29, 1.82) is 0 Å². The first-order valence-corrected chi connectivity index (χ1v) is 15.0. The van der Waals surface area contributed by atoms with Crippen LogP contribution in [0.1, 0.15) is 32.1 Å². The van der Waals surface area contributed by atoms with Crippen LogP contribution in [0.5, 0.6) is 0 Å². The summed E-state index contributed by atoms with van der Waals surface area (Å²) in [6.45, 7) is 0. The minimum Gasteiger partial charge on any atom is -0.288 e. The molecule has 5 rings (SSSR count). The van der Waals surface area contributed by atoms with Gasteiger partial charge in [-0.05, 0) is 43.2 Å². The van der Waals surface area contributed by atoms with Crippen LogP contribution in [-0.4, -0.2) is 32.0 Å². The normalized spacial score (nSPS) is 16.3. The fourth-order valence-corrected chi connectivity index (χ4v) is 6.00. The van der Waals surface area contributed by atoms with Gasteiger partial charge in [0.1, 0.15) is 10.3 Å². The van der Waals surface area contributed by atoms with Crippen LogP contribution in [0, 0.1) is 10.4 Å². The van der Waals surface area contributed by atoms with Crippen LogP contribution < -0.4 is 27.0 Å². The summed E-state index contributed by atoms with van der Waals surface area (Å²) in [7, 11) is -9.40. The van der Waals surface area contributed by atoms with Crippen molar-refractivity contribution in [3.05, 3.63) is 96.2 Å². The quantitative estimate of drug-likeness (QED) is 0.239. The fourth-order valence-electron chi connectivity index (χ4n) is 4.87. The molecule has 0 spiro atoms. The molecule has 1 fully saturated rings. The molecule has 0 amide bonds. The third kappa shape index (κ3) is 5.26. The van der Waals surface area contributed by atoms with Gasteiger partial charge in [-0.3, -0.25) is 29.1 Å². The van der Waals surface area contributed by atoms with Gasteiger partial charge >= 0.3 is 0 Å². The Labute approximate surface area is 222 Å². The number of anilines is 1. The lowest BCUT2D eigenvalue weighted by atomic mass is 9.96. The average molecular weight is 570 g/mol. The Balaban J connectivity index is 1.90. The minimum absolute atomic E-state index is 0.00571. The van der Waals surface area contributed by atoms with Gasteiger partial charge in [0.2, 0.25) is 0 Å². The summed E-state index contributed by atoms with van der Waals surface area (Å²) in [6, 6.07) is 11.7. The van der Waals surface area contributed by atoms with E-state index in [4.69, 9.17) is 0 Å². The van der Waals surface area contributed by atoms with E-state index < -0.39 is 41.3 Å². The first kappa shape index (κ1) is 26.8. The van der Waals surface area contributed by atoms with E-state index in [2.05, 4.69) is 15.5 Å². The molecule has 13 heteroatoms. The Morgan fingerprint density at radius 1 is 0.769 bits per heavy atom. The van der Waals surface area contributed by atoms with Crippen molar-refractivity contribution in [2.75, 3.05) is 5.43 Å². The zero-order chi connectivity index (χ0) is 27.9.